The minimum absolute atomic E-state index is 0.178. The summed E-state index contributed by atoms with van der Waals surface area (Å²) in [5, 5.41) is 0.823. The topological polar surface area (TPSA) is 41.6 Å². The first-order chi connectivity index (χ1) is 9.93. The average molecular weight is 307 g/mol. The molecule has 3 aromatic rings. The molecule has 0 amide bonds. The van der Waals surface area contributed by atoms with Crippen LogP contribution in [-0.2, 0) is 6.18 Å². The van der Waals surface area contributed by atoms with E-state index < -0.39 is 11.9 Å². The number of alkyl halides is 3. The first-order valence-electron chi connectivity index (χ1n) is 5.97. The quantitative estimate of drug-likeness (QED) is 0.679. The molecule has 21 heavy (non-hydrogen) atoms. The number of hydrogen-bond acceptors (Lipinski definition) is 3. The predicted octanol–water partition coefficient (Wildman–Crippen LogP) is 4.37. The summed E-state index contributed by atoms with van der Waals surface area (Å²) in [6.45, 7) is 0. The number of fused-ring (bicyclic) bond motifs is 1. The van der Waals surface area contributed by atoms with Crippen LogP contribution in [0.25, 0.3) is 22.2 Å². The van der Waals surface area contributed by atoms with Crippen LogP contribution < -0.4 is 0 Å². The van der Waals surface area contributed by atoms with Gasteiger partial charge in [-0.25, -0.2) is 4.98 Å². The lowest BCUT2D eigenvalue weighted by Gasteiger charge is -2.09. The Balaban J connectivity index is 2.18. The van der Waals surface area contributed by atoms with Gasteiger partial charge in [0.1, 0.15) is 5.69 Å². The van der Waals surface area contributed by atoms with Crippen LogP contribution in [0.5, 0.6) is 0 Å². The number of nitrogens with zero attached hydrogens (tertiary/aromatic N) is 2. The normalized spacial score (nSPS) is 11.8. The summed E-state index contributed by atoms with van der Waals surface area (Å²) in [6.07, 6.45) is -2.84. The van der Waals surface area contributed by atoms with Crippen LogP contribution in [0.15, 0.2) is 42.6 Å². The molecule has 7 heteroatoms. The highest BCUT2D eigenvalue weighted by atomic mass is 32.1. The van der Waals surface area contributed by atoms with Crippen LogP contribution in [0, 0.1) is 4.77 Å². The Morgan fingerprint density at radius 3 is 2.67 bits per heavy atom. The number of rotatable bonds is 1. The third-order valence-corrected chi connectivity index (χ3v) is 3.14. The molecule has 3 nitrogen and oxygen atoms in total. The van der Waals surface area contributed by atoms with Crippen molar-refractivity contribution in [2.24, 2.45) is 0 Å². The van der Waals surface area contributed by atoms with Gasteiger partial charge >= 0.3 is 6.18 Å². The zero-order valence-corrected chi connectivity index (χ0v) is 11.3. The van der Waals surface area contributed by atoms with Gasteiger partial charge in [-0.15, -0.1) is 0 Å². The van der Waals surface area contributed by atoms with Gasteiger partial charge in [0.15, 0.2) is 4.77 Å². The highest BCUT2D eigenvalue weighted by Gasteiger charge is 2.32. The minimum Gasteiger partial charge on any atom is -0.327 e. The van der Waals surface area contributed by atoms with Crippen molar-refractivity contribution in [3.8, 4) is 11.3 Å². The molecular weight excluding hydrogens is 299 g/mol. The summed E-state index contributed by atoms with van der Waals surface area (Å²) in [7, 11) is 0. The van der Waals surface area contributed by atoms with Gasteiger partial charge in [-0.2, -0.15) is 13.2 Å². The van der Waals surface area contributed by atoms with Crippen LogP contribution >= 0.6 is 12.2 Å². The lowest BCUT2D eigenvalue weighted by atomic mass is 10.1. The number of halogens is 3. The van der Waals surface area contributed by atoms with Crippen molar-refractivity contribution in [3.63, 3.8) is 0 Å². The summed E-state index contributed by atoms with van der Waals surface area (Å²) in [5.74, 6) is 0. The number of H-pyrrole nitrogens is 1. The fourth-order valence-electron chi connectivity index (χ4n) is 1.99. The largest absolute Gasteiger partial charge is 0.431 e. The number of nitrogens with one attached hydrogen (secondary N) is 1. The lowest BCUT2D eigenvalue weighted by molar-refractivity contribution is -0.141. The average Bonchev–Trinajstić information content (AvgIpc) is 2.45. The second-order valence-corrected chi connectivity index (χ2v) is 4.78. The van der Waals surface area contributed by atoms with Crippen LogP contribution in [0.3, 0.4) is 0 Å². The fraction of sp³-hybridized carbons (Fsp3) is 0.0714. The highest BCUT2D eigenvalue weighted by molar-refractivity contribution is 7.71. The first-order valence-corrected chi connectivity index (χ1v) is 6.38. The molecule has 0 aliphatic carbocycles. The molecule has 0 aliphatic heterocycles. The summed E-state index contributed by atoms with van der Waals surface area (Å²) in [4.78, 5) is 10.2. The number of hydrogen-bond donors (Lipinski definition) is 1. The number of benzene rings is 1. The Hall–Kier alpha value is -2.28. The fourth-order valence-corrected chi connectivity index (χ4v) is 2.20. The van der Waals surface area contributed by atoms with Gasteiger partial charge in [-0.1, -0.05) is 12.1 Å². The molecule has 2 heterocycles. The summed E-state index contributed by atoms with van der Waals surface area (Å²) < 4.78 is 38.2. The number of aromatic nitrogens is 3. The molecule has 0 saturated heterocycles. The number of aromatic amines is 1. The smallest absolute Gasteiger partial charge is 0.327 e. The third-order valence-electron chi connectivity index (χ3n) is 2.95. The van der Waals surface area contributed by atoms with E-state index in [0.29, 0.717) is 5.56 Å². The van der Waals surface area contributed by atoms with Gasteiger partial charge in [0.05, 0.1) is 11.2 Å². The van der Waals surface area contributed by atoms with Crippen molar-refractivity contribution in [1.82, 2.24) is 15.0 Å². The standard InChI is InChI=1S/C14H8F3N3S/c15-14(16,17)12-7-11(19-13(21)20-12)9-3-4-10-8(6-9)2-1-5-18-10/h1-7H,(H,19,20,21). The van der Waals surface area contributed by atoms with Crippen molar-refractivity contribution in [3.05, 3.63) is 53.1 Å². The van der Waals surface area contributed by atoms with Crippen LogP contribution in [0.4, 0.5) is 13.2 Å². The van der Waals surface area contributed by atoms with E-state index in [4.69, 9.17) is 12.2 Å². The van der Waals surface area contributed by atoms with Crippen molar-refractivity contribution >= 4 is 23.1 Å². The molecule has 0 fully saturated rings. The molecule has 0 aliphatic rings. The molecule has 0 bridgehead atoms. The second-order valence-electron chi connectivity index (χ2n) is 4.39. The van der Waals surface area contributed by atoms with Gasteiger partial charge < -0.3 is 4.98 Å². The van der Waals surface area contributed by atoms with Gasteiger partial charge in [0.2, 0.25) is 0 Å². The van der Waals surface area contributed by atoms with E-state index in [1.54, 1.807) is 30.5 Å². The maximum Gasteiger partial charge on any atom is 0.431 e. The van der Waals surface area contributed by atoms with Crippen molar-refractivity contribution in [2.45, 2.75) is 6.18 Å². The molecule has 0 radical (unpaired) electrons. The molecule has 2 aromatic heterocycles. The molecule has 0 saturated carbocycles. The van der Waals surface area contributed by atoms with E-state index in [-0.39, 0.29) is 10.5 Å². The Labute approximate surface area is 122 Å². The van der Waals surface area contributed by atoms with Gasteiger partial charge in [-0.05, 0) is 36.5 Å². The van der Waals surface area contributed by atoms with Crippen molar-refractivity contribution in [2.75, 3.05) is 0 Å². The third kappa shape index (κ3) is 2.78. The monoisotopic (exact) mass is 307 g/mol. The van der Waals surface area contributed by atoms with E-state index in [0.717, 1.165) is 17.0 Å². The first kappa shape index (κ1) is 13.7. The Bertz CT molecular complexity index is 871. The molecule has 0 spiro atoms. The zero-order chi connectivity index (χ0) is 15.0. The van der Waals surface area contributed by atoms with Crippen molar-refractivity contribution < 1.29 is 13.2 Å². The van der Waals surface area contributed by atoms with Gasteiger partial charge in [0.25, 0.3) is 0 Å². The van der Waals surface area contributed by atoms with Crippen LogP contribution in [0.1, 0.15) is 5.69 Å². The number of pyridine rings is 1. The Morgan fingerprint density at radius 1 is 1.10 bits per heavy atom. The van der Waals surface area contributed by atoms with Crippen LogP contribution in [0.2, 0.25) is 0 Å². The maximum atomic E-state index is 12.8. The molecule has 3 rings (SSSR count). The Kier molecular flexibility index (Phi) is 3.21. The summed E-state index contributed by atoms with van der Waals surface area (Å²) >= 11 is 4.77. The van der Waals surface area contributed by atoms with Gasteiger partial charge in [0, 0.05) is 17.1 Å². The van der Waals surface area contributed by atoms with Gasteiger partial charge in [-0.3, -0.25) is 4.98 Å². The zero-order valence-electron chi connectivity index (χ0n) is 10.5. The highest BCUT2D eigenvalue weighted by Crippen LogP contribution is 2.30. The second kappa shape index (κ2) is 4.92. The SMILES string of the molecule is FC(F)(F)c1cc(-c2ccc3ncccc3c2)nc(=S)[nH]1. The molecule has 1 aromatic carbocycles. The van der Waals surface area contributed by atoms with E-state index >= 15 is 0 Å². The van der Waals surface area contributed by atoms with Crippen molar-refractivity contribution in [1.29, 1.82) is 0 Å². The lowest BCUT2D eigenvalue weighted by Crippen LogP contribution is -2.09. The van der Waals surface area contributed by atoms with E-state index in [1.807, 2.05) is 6.07 Å². The van der Waals surface area contributed by atoms with E-state index in [1.165, 1.54) is 0 Å². The Morgan fingerprint density at radius 2 is 1.90 bits per heavy atom. The van der Waals surface area contributed by atoms with Crippen LogP contribution in [-0.4, -0.2) is 15.0 Å². The molecule has 0 unspecified atom stereocenters. The van der Waals surface area contributed by atoms with E-state index in [2.05, 4.69) is 15.0 Å². The maximum absolute atomic E-state index is 12.8. The summed E-state index contributed by atoms with van der Waals surface area (Å²) in [5.41, 5.74) is 0.583. The van der Waals surface area contributed by atoms with E-state index in [9.17, 15) is 13.2 Å². The summed E-state index contributed by atoms with van der Waals surface area (Å²) in [6, 6.07) is 9.69. The minimum atomic E-state index is -4.50. The predicted molar refractivity (Wildman–Crippen MR) is 75.2 cm³/mol. The molecular formula is C14H8F3N3S. The molecule has 1 N–H and O–H groups in total. The molecule has 106 valence electrons. The molecule has 0 atom stereocenters.